The van der Waals surface area contributed by atoms with Crippen molar-refractivity contribution in [3.05, 3.63) is 63.6 Å². The number of ether oxygens (including phenoxy) is 1. The maximum atomic E-state index is 6.23. The van der Waals surface area contributed by atoms with Gasteiger partial charge in [-0.3, -0.25) is 0 Å². The Kier molecular flexibility index (Phi) is 5.51. The van der Waals surface area contributed by atoms with Crippen LogP contribution in [0.15, 0.2) is 42.5 Å². The van der Waals surface area contributed by atoms with E-state index in [1.165, 1.54) is 0 Å². The van der Waals surface area contributed by atoms with Gasteiger partial charge in [0.15, 0.2) is 0 Å². The fourth-order valence-corrected chi connectivity index (χ4v) is 2.50. The molecule has 2 unspecified atom stereocenters. The largest absolute Gasteiger partial charge is 0.484 e. The van der Waals surface area contributed by atoms with Crippen LogP contribution in [0.5, 0.6) is 5.75 Å². The molecule has 0 bridgehead atoms. The number of nitrogens with two attached hydrogens (primary N) is 1. The maximum absolute atomic E-state index is 6.23. The van der Waals surface area contributed by atoms with Crippen molar-refractivity contribution in [2.75, 3.05) is 0 Å². The molecule has 2 nitrogen and oxygen atoms in total. The third-order valence-corrected chi connectivity index (χ3v) is 3.94. The Morgan fingerprint density at radius 1 is 1.05 bits per heavy atom. The molecule has 0 aliphatic carbocycles. The van der Waals surface area contributed by atoms with Crippen molar-refractivity contribution in [3.63, 3.8) is 0 Å². The first kappa shape index (κ1) is 16.2. The van der Waals surface area contributed by atoms with Gasteiger partial charge in [-0.2, -0.15) is 0 Å². The van der Waals surface area contributed by atoms with Crippen molar-refractivity contribution in [3.8, 4) is 5.75 Å². The molecule has 0 saturated carbocycles. The van der Waals surface area contributed by atoms with Crippen LogP contribution in [0.1, 0.15) is 30.6 Å². The topological polar surface area (TPSA) is 35.2 Å². The summed E-state index contributed by atoms with van der Waals surface area (Å²) in [7, 11) is 0. The maximum Gasteiger partial charge on any atom is 0.139 e. The molecule has 0 spiro atoms. The number of hydrogen-bond acceptors (Lipinski definition) is 2. The van der Waals surface area contributed by atoms with Gasteiger partial charge in [0.25, 0.3) is 0 Å². The fraction of sp³-hybridized carbons (Fsp3) is 0.294. The Morgan fingerprint density at radius 3 is 2.24 bits per heavy atom. The van der Waals surface area contributed by atoms with E-state index in [0.29, 0.717) is 10.0 Å². The Bertz CT molecular complexity index is 598. The van der Waals surface area contributed by atoms with Gasteiger partial charge in [-0.25, -0.2) is 0 Å². The van der Waals surface area contributed by atoms with Crippen molar-refractivity contribution in [2.24, 2.45) is 5.73 Å². The number of benzene rings is 2. The summed E-state index contributed by atoms with van der Waals surface area (Å²) in [5.74, 6) is 0.795. The fourth-order valence-electron chi connectivity index (χ4n) is 2.15. The summed E-state index contributed by atoms with van der Waals surface area (Å²) >= 11 is 11.9. The van der Waals surface area contributed by atoms with Crippen molar-refractivity contribution < 1.29 is 4.74 Å². The lowest BCUT2D eigenvalue weighted by atomic mass is 10.0. The molecule has 0 heterocycles. The molecule has 0 fully saturated rings. The average Bonchev–Trinajstić information content (AvgIpc) is 2.47. The molecule has 0 aliphatic heterocycles. The molecule has 0 radical (unpaired) electrons. The van der Waals surface area contributed by atoms with Gasteiger partial charge >= 0.3 is 0 Å². The summed E-state index contributed by atoms with van der Waals surface area (Å²) in [6, 6.07) is 13.1. The van der Waals surface area contributed by atoms with Gasteiger partial charge in [-0.1, -0.05) is 42.3 Å². The highest BCUT2D eigenvalue weighted by Gasteiger charge is 2.21. The van der Waals surface area contributed by atoms with E-state index in [0.717, 1.165) is 23.3 Å². The highest BCUT2D eigenvalue weighted by molar-refractivity contribution is 6.30. The molecule has 2 atom stereocenters. The van der Waals surface area contributed by atoms with E-state index >= 15 is 0 Å². The lowest BCUT2D eigenvalue weighted by Crippen LogP contribution is -2.31. The van der Waals surface area contributed by atoms with E-state index in [1.54, 1.807) is 0 Å². The number of hydrogen-bond donors (Lipinski definition) is 1. The second kappa shape index (κ2) is 7.17. The molecule has 0 aliphatic rings. The third kappa shape index (κ3) is 4.13. The quantitative estimate of drug-likeness (QED) is 0.824. The molecular formula is C17H19Cl2NO. The second-order valence-electron chi connectivity index (χ2n) is 5.07. The van der Waals surface area contributed by atoms with Crippen molar-refractivity contribution in [2.45, 2.75) is 32.4 Å². The van der Waals surface area contributed by atoms with Crippen molar-refractivity contribution >= 4 is 23.2 Å². The van der Waals surface area contributed by atoms with E-state index < -0.39 is 0 Å². The predicted molar refractivity (Wildman–Crippen MR) is 89.3 cm³/mol. The minimum atomic E-state index is -0.216. The van der Waals surface area contributed by atoms with Gasteiger partial charge in [0.1, 0.15) is 11.9 Å². The lowest BCUT2D eigenvalue weighted by Gasteiger charge is -2.25. The Morgan fingerprint density at radius 2 is 1.67 bits per heavy atom. The van der Waals surface area contributed by atoms with Crippen LogP contribution in [0.2, 0.25) is 10.0 Å². The molecule has 2 aromatic rings. The van der Waals surface area contributed by atoms with Crippen LogP contribution in [-0.4, -0.2) is 6.04 Å². The molecule has 2 N–H and O–H groups in total. The van der Waals surface area contributed by atoms with E-state index in [9.17, 15) is 0 Å². The van der Waals surface area contributed by atoms with Gasteiger partial charge < -0.3 is 10.5 Å². The molecular weight excluding hydrogens is 305 g/mol. The Balaban J connectivity index is 2.30. The Hall–Kier alpha value is -1.22. The number of halogens is 2. The average molecular weight is 324 g/mol. The summed E-state index contributed by atoms with van der Waals surface area (Å²) in [5.41, 5.74) is 8.24. The zero-order valence-corrected chi connectivity index (χ0v) is 13.7. The van der Waals surface area contributed by atoms with Gasteiger partial charge in [0.2, 0.25) is 0 Å². The monoisotopic (exact) mass is 323 g/mol. The molecule has 0 aromatic heterocycles. The van der Waals surface area contributed by atoms with E-state index in [-0.39, 0.29) is 12.1 Å². The Labute approximate surface area is 135 Å². The minimum Gasteiger partial charge on any atom is -0.484 e. The molecule has 0 saturated heterocycles. The number of rotatable bonds is 5. The van der Waals surface area contributed by atoms with Gasteiger partial charge in [0, 0.05) is 16.1 Å². The SMILES string of the molecule is CCC(N)C(Oc1ccc(Cl)cc1C)c1ccc(Cl)cc1. The first-order valence-electron chi connectivity index (χ1n) is 6.95. The summed E-state index contributed by atoms with van der Waals surface area (Å²) in [6.07, 6.45) is 0.604. The smallest absolute Gasteiger partial charge is 0.139 e. The second-order valence-corrected chi connectivity index (χ2v) is 5.94. The molecule has 4 heteroatoms. The van der Waals surface area contributed by atoms with Crippen LogP contribution in [0.25, 0.3) is 0 Å². The minimum absolute atomic E-state index is 0.0961. The van der Waals surface area contributed by atoms with Crippen molar-refractivity contribution in [1.29, 1.82) is 0 Å². The predicted octanol–water partition coefficient (Wildman–Crippen LogP) is 5.16. The summed E-state index contributed by atoms with van der Waals surface area (Å²) in [6.45, 7) is 4.02. The van der Waals surface area contributed by atoms with Gasteiger partial charge in [0.05, 0.1) is 0 Å². The van der Waals surface area contributed by atoms with Crippen LogP contribution >= 0.6 is 23.2 Å². The molecule has 0 amide bonds. The molecule has 2 rings (SSSR count). The van der Waals surface area contributed by atoms with Crippen LogP contribution in [0, 0.1) is 6.92 Å². The van der Waals surface area contributed by atoms with Crippen LogP contribution in [0.3, 0.4) is 0 Å². The zero-order valence-electron chi connectivity index (χ0n) is 12.1. The van der Waals surface area contributed by atoms with E-state index in [2.05, 4.69) is 0 Å². The normalized spacial score (nSPS) is 13.8. The number of aryl methyl sites for hydroxylation is 1. The molecule has 21 heavy (non-hydrogen) atoms. The lowest BCUT2D eigenvalue weighted by molar-refractivity contribution is 0.170. The highest BCUT2D eigenvalue weighted by atomic mass is 35.5. The van der Waals surface area contributed by atoms with Gasteiger partial charge in [-0.05, 0) is 54.8 Å². The van der Waals surface area contributed by atoms with Crippen LogP contribution in [0.4, 0.5) is 0 Å². The summed E-state index contributed by atoms with van der Waals surface area (Å²) < 4.78 is 6.15. The van der Waals surface area contributed by atoms with E-state index in [4.69, 9.17) is 33.7 Å². The molecule has 2 aromatic carbocycles. The third-order valence-electron chi connectivity index (χ3n) is 3.45. The highest BCUT2D eigenvalue weighted by Crippen LogP contribution is 2.30. The standard InChI is InChI=1S/C17H19Cl2NO/c1-3-15(20)17(12-4-6-13(18)7-5-12)21-16-9-8-14(19)10-11(16)2/h4-10,15,17H,3,20H2,1-2H3. The van der Waals surface area contributed by atoms with Crippen LogP contribution in [-0.2, 0) is 0 Å². The van der Waals surface area contributed by atoms with Gasteiger partial charge in [-0.15, -0.1) is 0 Å². The first-order chi connectivity index (χ1) is 10.0. The van der Waals surface area contributed by atoms with Crippen LogP contribution < -0.4 is 10.5 Å². The summed E-state index contributed by atoms with van der Waals surface area (Å²) in [5, 5.41) is 1.40. The van der Waals surface area contributed by atoms with E-state index in [1.807, 2.05) is 56.3 Å². The molecule has 112 valence electrons. The van der Waals surface area contributed by atoms with Crippen molar-refractivity contribution in [1.82, 2.24) is 0 Å². The summed E-state index contributed by atoms with van der Waals surface area (Å²) in [4.78, 5) is 0. The zero-order chi connectivity index (χ0) is 15.4. The first-order valence-corrected chi connectivity index (χ1v) is 7.70.